The van der Waals surface area contributed by atoms with Gasteiger partial charge in [0.15, 0.2) is 6.29 Å². The molecular weight excluding hydrogens is 353 g/mol. The minimum Gasteiger partial charge on any atom is -0.348 e. The molecule has 0 aromatic carbocycles. The van der Waals surface area contributed by atoms with E-state index in [4.69, 9.17) is 9.47 Å². The van der Waals surface area contributed by atoms with Crippen LogP contribution in [0.2, 0.25) is 0 Å². The monoisotopic (exact) mass is 374 g/mol. The Bertz CT molecular complexity index is 503. The fraction of sp³-hybridized carbons (Fsp3) is 0.857. The van der Waals surface area contributed by atoms with E-state index in [1.807, 2.05) is 12.3 Å². The SMILES string of the molecule is CSC1COC(/C=C/C2CCC(S(=O)(=O)C(F)(F)F)CC2)OC1. The summed E-state index contributed by atoms with van der Waals surface area (Å²) >= 11 is 1.68. The highest BCUT2D eigenvalue weighted by molar-refractivity contribution is 7.99. The Hall–Kier alpha value is -0.250. The minimum absolute atomic E-state index is 0.0395. The van der Waals surface area contributed by atoms with Crippen LogP contribution in [0.15, 0.2) is 12.2 Å². The molecule has 1 saturated carbocycles. The third-order valence-corrected chi connectivity index (χ3v) is 7.18. The number of hydrogen-bond donors (Lipinski definition) is 0. The van der Waals surface area contributed by atoms with E-state index in [-0.39, 0.29) is 18.8 Å². The van der Waals surface area contributed by atoms with Crippen molar-refractivity contribution in [3.05, 3.63) is 12.2 Å². The Morgan fingerprint density at radius 3 is 2.09 bits per heavy atom. The second kappa shape index (κ2) is 7.76. The van der Waals surface area contributed by atoms with Gasteiger partial charge in [0.1, 0.15) is 0 Å². The average molecular weight is 374 g/mol. The summed E-state index contributed by atoms with van der Waals surface area (Å²) < 4.78 is 71.4. The molecule has 1 heterocycles. The molecule has 0 radical (unpaired) electrons. The van der Waals surface area contributed by atoms with E-state index in [2.05, 4.69) is 0 Å². The molecule has 134 valence electrons. The van der Waals surface area contributed by atoms with Crippen LogP contribution in [0.1, 0.15) is 25.7 Å². The van der Waals surface area contributed by atoms with Crippen molar-refractivity contribution >= 4 is 21.6 Å². The fourth-order valence-corrected chi connectivity index (χ4v) is 4.48. The third kappa shape index (κ3) is 4.87. The quantitative estimate of drug-likeness (QED) is 0.708. The highest BCUT2D eigenvalue weighted by Gasteiger charge is 2.50. The van der Waals surface area contributed by atoms with Crippen LogP contribution >= 0.6 is 11.8 Å². The van der Waals surface area contributed by atoms with Gasteiger partial charge in [-0.05, 0) is 43.9 Å². The molecule has 4 nitrogen and oxygen atoms in total. The van der Waals surface area contributed by atoms with E-state index in [0.29, 0.717) is 31.3 Å². The first kappa shape index (κ1) is 19.1. The summed E-state index contributed by atoms with van der Waals surface area (Å²) in [5.41, 5.74) is -5.15. The minimum atomic E-state index is -5.15. The summed E-state index contributed by atoms with van der Waals surface area (Å²) in [5, 5.41) is -0.987. The van der Waals surface area contributed by atoms with E-state index in [1.165, 1.54) is 0 Å². The van der Waals surface area contributed by atoms with Crippen LogP contribution in [0.5, 0.6) is 0 Å². The second-order valence-corrected chi connectivity index (χ2v) is 9.16. The molecule has 0 N–H and O–H groups in total. The van der Waals surface area contributed by atoms with Gasteiger partial charge in [-0.15, -0.1) is 0 Å². The first-order valence-electron chi connectivity index (χ1n) is 7.48. The molecule has 9 heteroatoms. The van der Waals surface area contributed by atoms with Gasteiger partial charge in [0, 0.05) is 0 Å². The number of thioether (sulfide) groups is 1. The zero-order chi connectivity index (χ0) is 17.1. The van der Waals surface area contributed by atoms with Gasteiger partial charge in [0.05, 0.1) is 23.7 Å². The zero-order valence-corrected chi connectivity index (χ0v) is 14.4. The summed E-state index contributed by atoms with van der Waals surface area (Å²) in [5.74, 6) is 0.0696. The van der Waals surface area contributed by atoms with Crippen molar-refractivity contribution in [2.24, 2.45) is 5.92 Å². The van der Waals surface area contributed by atoms with Crippen LogP contribution in [0.3, 0.4) is 0 Å². The standard InChI is InChI=1S/C14H21F3O4S2/c1-22-11-8-20-13(21-9-11)7-4-10-2-5-12(6-3-10)23(18,19)14(15,16)17/h4,7,10-13H,2-3,5-6,8-9H2,1H3/b7-4+. The second-order valence-electron chi connectivity index (χ2n) is 5.81. The van der Waals surface area contributed by atoms with Crippen molar-refractivity contribution in [1.82, 2.24) is 0 Å². The Morgan fingerprint density at radius 1 is 1.04 bits per heavy atom. The van der Waals surface area contributed by atoms with Gasteiger partial charge in [0.2, 0.25) is 0 Å². The van der Waals surface area contributed by atoms with Crippen LogP contribution in [0.4, 0.5) is 13.2 Å². The van der Waals surface area contributed by atoms with Crippen molar-refractivity contribution < 1.29 is 31.1 Å². The lowest BCUT2D eigenvalue weighted by molar-refractivity contribution is -0.146. The van der Waals surface area contributed by atoms with Crippen LogP contribution in [0, 0.1) is 5.92 Å². The number of sulfone groups is 1. The van der Waals surface area contributed by atoms with E-state index >= 15 is 0 Å². The van der Waals surface area contributed by atoms with E-state index in [1.54, 1.807) is 17.8 Å². The predicted octanol–water partition coefficient (Wildman–Crippen LogP) is 3.14. The third-order valence-electron chi connectivity index (χ3n) is 4.25. The van der Waals surface area contributed by atoms with Gasteiger partial charge in [-0.25, -0.2) is 8.42 Å². The van der Waals surface area contributed by atoms with Gasteiger partial charge >= 0.3 is 5.51 Å². The van der Waals surface area contributed by atoms with Crippen molar-refractivity contribution in [2.75, 3.05) is 19.5 Å². The fourth-order valence-electron chi connectivity index (χ4n) is 2.78. The molecule has 0 atom stereocenters. The molecule has 0 aromatic heterocycles. The summed E-state index contributed by atoms with van der Waals surface area (Å²) in [6, 6.07) is 0. The molecule has 1 aliphatic carbocycles. The lowest BCUT2D eigenvalue weighted by Gasteiger charge is -2.29. The molecule has 0 spiro atoms. The van der Waals surface area contributed by atoms with Gasteiger partial charge in [-0.2, -0.15) is 24.9 Å². The molecule has 0 bridgehead atoms. The summed E-state index contributed by atoms with van der Waals surface area (Å²) in [6.45, 7) is 1.21. The zero-order valence-electron chi connectivity index (χ0n) is 12.8. The highest BCUT2D eigenvalue weighted by atomic mass is 32.2. The molecular formula is C14H21F3O4S2. The maximum atomic E-state index is 12.5. The Kier molecular flexibility index (Phi) is 6.43. The molecule has 2 aliphatic rings. The normalized spacial score (nSPS) is 33.9. The summed E-state index contributed by atoms with van der Waals surface area (Å²) in [7, 11) is -5.04. The maximum absolute atomic E-state index is 12.5. The number of alkyl halides is 3. The maximum Gasteiger partial charge on any atom is 0.497 e. The number of ether oxygens (including phenoxy) is 2. The average Bonchev–Trinajstić information content (AvgIpc) is 2.53. The lowest BCUT2D eigenvalue weighted by atomic mass is 9.88. The molecule has 2 fully saturated rings. The lowest BCUT2D eigenvalue weighted by Crippen LogP contribution is -2.36. The van der Waals surface area contributed by atoms with Crippen molar-refractivity contribution in [2.45, 2.75) is 48.0 Å². The largest absolute Gasteiger partial charge is 0.497 e. The smallest absolute Gasteiger partial charge is 0.348 e. The molecule has 0 amide bonds. The highest BCUT2D eigenvalue weighted by Crippen LogP contribution is 2.36. The molecule has 0 unspecified atom stereocenters. The Labute approximate surface area is 138 Å². The van der Waals surface area contributed by atoms with Crippen molar-refractivity contribution in [3.63, 3.8) is 0 Å². The molecule has 23 heavy (non-hydrogen) atoms. The van der Waals surface area contributed by atoms with E-state index in [0.717, 1.165) is 0 Å². The Balaban J connectivity index is 1.80. The van der Waals surface area contributed by atoms with Crippen LogP contribution in [-0.2, 0) is 19.3 Å². The van der Waals surface area contributed by atoms with Crippen molar-refractivity contribution in [1.29, 1.82) is 0 Å². The van der Waals surface area contributed by atoms with Gasteiger partial charge in [-0.1, -0.05) is 6.08 Å². The summed E-state index contributed by atoms with van der Waals surface area (Å²) in [6.07, 6.45) is 6.15. The van der Waals surface area contributed by atoms with Crippen LogP contribution in [-0.4, -0.2) is 50.2 Å². The van der Waals surface area contributed by atoms with Gasteiger partial charge < -0.3 is 9.47 Å². The van der Waals surface area contributed by atoms with Gasteiger partial charge in [-0.3, -0.25) is 0 Å². The van der Waals surface area contributed by atoms with Crippen molar-refractivity contribution in [3.8, 4) is 0 Å². The first-order valence-corrected chi connectivity index (χ1v) is 10.3. The number of allylic oxidation sites excluding steroid dienone is 1. The van der Waals surface area contributed by atoms with Crippen LogP contribution in [0.25, 0.3) is 0 Å². The van der Waals surface area contributed by atoms with Gasteiger partial charge in [0.25, 0.3) is 9.84 Å². The first-order chi connectivity index (χ1) is 10.7. The Morgan fingerprint density at radius 2 is 1.61 bits per heavy atom. The van der Waals surface area contributed by atoms with Crippen LogP contribution < -0.4 is 0 Å². The molecule has 1 saturated heterocycles. The van der Waals surface area contributed by atoms with E-state index < -0.39 is 26.9 Å². The predicted molar refractivity (Wildman–Crippen MR) is 82.9 cm³/mol. The number of halogens is 3. The molecule has 0 aromatic rings. The molecule has 2 rings (SSSR count). The topological polar surface area (TPSA) is 52.6 Å². The summed E-state index contributed by atoms with van der Waals surface area (Å²) in [4.78, 5) is 0. The van der Waals surface area contributed by atoms with E-state index in [9.17, 15) is 21.6 Å². The molecule has 1 aliphatic heterocycles. The number of hydrogen-bond acceptors (Lipinski definition) is 5. The number of rotatable bonds is 4.